The van der Waals surface area contributed by atoms with E-state index < -0.39 is 12.3 Å². The van der Waals surface area contributed by atoms with E-state index in [1.54, 1.807) is 7.11 Å². The molecule has 0 saturated carbocycles. The molecule has 1 unspecified atom stereocenters. The third kappa shape index (κ3) is 23.4. The summed E-state index contributed by atoms with van der Waals surface area (Å²) in [6.45, 7) is 4.95. The average Bonchev–Trinajstić information content (AvgIpc) is 2.56. The number of methoxy groups -OCH3 is 1. The number of hydrogen-bond acceptors (Lipinski definition) is 4. The van der Waals surface area contributed by atoms with Crippen LogP contribution in [0.2, 0.25) is 0 Å². The lowest BCUT2D eigenvalue weighted by Gasteiger charge is -2.07. The van der Waals surface area contributed by atoms with Gasteiger partial charge in [0.2, 0.25) is 0 Å². The van der Waals surface area contributed by atoms with Crippen molar-refractivity contribution in [3.05, 3.63) is 12.2 Å². The van der Waals surface area contributed by atoms with E-state index in [-0.39, 0.29) is 5.57 Å². The predicted molar refractivity (Wildman–Crippen MR) is 98.0 cm³/mol. The fourth-order valence-electron chi connectivity index (χ4n) is 2.14. The number of rotatable bonds is 15. The zero-order chi connectivity index (χ0) is 18.6. The fourth-order valence-corrected chi connectivity index (χ4v) is 2.14. The minimum atomic E-state index is -0.935. The van der Waals surface area contributed by atoms with Gasteiger partial charge in [-0.2, -0.15) is 0 Å². The number of aliphatic hydroxyl groups excluding tert-OH is 2. The van der Waals surface area contributed by atoms with Crippen LogP contribution < -0.4 is 0 Å². The zero-order valence-electron chi connectivity index (χ0n) is 15.6. The summed E-state index contributed by atoms with van der Waals surface area (Å²) in [7, 11) is 1.55. The molecule has 0 saturated heterocycles. The van der Waals surface area contributed by atoms with Crippen LogP contribution in [-0.2, 0) is 9.53 Å². The van der Waals surface area contributed by atoms with Crippen LogP contribution >= 0.6 is 0 Å². The topological polar surface area (TPSA) is 87.0 Å². The lowest BCUT2D eigenvalue weighted by Crippen LogP contribution is -2.07. The third-order valence-corrected chi connectivity index (χ3v) is 3.75. The second-order valence-electron chi connectivity index (χ2n) is 6.18. The maximum atomic E-state index is 9.60. The molecule has 0 radical (unpaired) electrons. The van der Waals surface area contributed by atoms with Crippen molar-refractivity contribution in [1.82, 2.24) is 0 Å². The second kappa shape index (κ2) is 20.1. The molecule has 0 aliphatic heterocycles. The lowest BCUT2D eigenvalue weighted by atomic mass is 10.1. The Hall–Kier alpha value is -0.910. The number of unbranched alkanes of at least 4 members (excludes halogenated alkanes) is 10. The van der Waals surface area contributed by atoms with Crippen LogP contribution in [0.25, 0.3) is 0 Å². The molecule has 0 heterocycles. The first-order chi connectivity index (χ1) is 11.5. The van der Waals surface area contributed by atoms with Crippen molar-refractivity contribution in [2.45, 2.75) is 90.3 Å². The molecule has 0 aromatic carbocycles. The third-order valence-electron chi connectivity index (χ3n) is 3.75. The average molecular weight is 347 g/mol. The molecule has 0 aromatic heterocycles. The highest BCUT2D eigenvalue weighted by Gasteiger charge is 1.99. The number of aliphatic hydroxyl groups is 2. The minimum Gasteiger partial charge on any atom is -0.478 e. The maximum Gasteiger partial charge on any atom is 0.330 e. The Kier molecular flexibility index (Phi) is 21.3. The molecule has 0 bridgehead atoms. The van der Waals surface area contributed by atoms with Crippen LogP contribution in [0.15, 0.2) is 12.2 Å². The number of aliphatic carboxylic acids is 1. The molecule has 0 amide bonds. The van der Waals surface area contributed by atoms with Gasteiger partial charge in [0.25, 0.3) is 0 Å². The van der Waals surface area contributed by atoms with Gasteiger partial charge in [-0.3, -0.25) is 0 Å². The van der Waals surface area contributed by atoms with Crippen LogP contribution in [0.5, 0.6) is 0 Å². The molecule has 1 atom stereocenters. The number of ether oxygens (including phenoxy) is 1. The monoisotopic (exact) mass is 346 g/mol. The molecule has 144 valence electrons. The Morgan fingerprint density at radius 2 is 1.25 bits per heavy atom. The van der Waals surface area contributed by atoms with E-state index in [9.17, 15) is 9.90 Å². The van der Waals surface area contributed by atoms with Crippen molar-refractivity contribution in [3.8, 4) is 0 Å². The highest BCUT2D eigenvalue weighted by atomic mass is 16.6. The largest absolute Gasteiger partial charge is 0.478 e. The molecule has 5 nitrogen and oxygen atoms in total. The lowest BCUT2D eigenvalue weighted by molar-refractivity contribution is -0.132. The van der Waals surface area contributed by atoms with Crippen molar-refractivity contribution in [3.63, 3.8) is 0 Å². The second-order valence-corrected chi connectivity index (χ2v) is 6.18. The van der Waals surface area contributed by atoms with Gasteiger partial charge in [0.05, 0.1) is 0 Å². The van der Waals surface area contributed by atoms with Crippen molar-refractivity contribution in [1.29, 1.82) is 0 Å². The summed E-state index contributed by atoms with van der Waals surface area (Å²) in [4.78, 5) is 9.60. The predicted octanol–water partition coefficient (Wildman–Crippen LogP) is 4.27. The molecule has 0 aliphatic carbocycles. The van der Waals surface area contributed by atoms with Gasteiger partial charge >= 0.3 is 5.97 Å². The molecular formula is C19H38O5. The highest BCUT2D eigenvalue weighted by Crippen LogP contribution is 2.12. The molecule has 0 spiro atoms. The summed E-state index contributed by atoms with van der Waals surface area (Å²) in [6.07, 6.45) is 13.8. The Morgan fingerprint density at radius 3 is 1.54 bits per heavy atom. The van der Waals surface area contributed by atoms with Gasteiger partial charge in [-0.25, -0.2) is 4.79 Å². The first kappa shape index (κ1) is 25.3. The van der Waals surface area contributed by atoms with Gasteiger partial charge in [0.15, 0.2) is 6.29 Å². The summed E-state index contributed by atoms with van der Waals surface area (Å²) in [5.41, 5.74) is 0.176. The Morgan fingerprint density at radius 1 is 0.917 bits per heavy atom. The quantitative estimate of drug-likeness (QED) is 0.234. The van der Waals surface area contributed by atoms with E-state index in [1.165, 1.54) is 64.7 Å². The molecule has 0 fully saturated rings. The van der Waals surface area contributed by atoms with Gasteiger partial charge in [-0.15, -0.1) is 0 Å². The van der Waals surface area contributed by atoms with Gasteiger partial charge in [0.1, 0.15) is 0 Å². The van der Waals surface area contributed by atoms with E-state index in [1.807, 2.05) is 0 Å². The summed E-state index contributed by atoms with van der Waals surface area (Å²) in [5, 5.41) is 25.7. The normalized spacial score (nSPS) is 11.5. The van der Waals surface area contributed by atoms with Crippen molar-refractivity contribution in [2.75, 3.05) is 13.7 Å². The zero-order valence-corrected chi connectivity index (χ0v) is 15.6. The van der Waals surface area contributed by atoms with Crippen LogP contribution in [-0.4, -0.2) is 41.3 Å². The molecular weight excluding hydrogens is 308 g/mol. The summed E-state index contributed by atoms with van der Waals surface area (Å²) >= 11 is 0. The number of hydrogen-bond donors (Lipinski definition) is 3. The van der Waals surface area contributed by atoms with Crippen molar-refractivity contribution >= 4 is 5.97 Å². The van der Waals surface area contributed by atoms with E-state index >= 15 is 0 Å². The number of carbonyl (C=O) groups is 1. The van der Waals surface area contributed by atoms with E-state index in [0.717, 1.165) is 19.3 Å². The highest BCUT2D eigenvalue weighted by molar-refractivity contribution is 5.84. The summed E-state index contributed by atoms with van der Waals surface area (Å²) in [5.74, 6) is -0.935. The van der Waals surface area contributed by atoms with Crippen LogP contribution in [0.4, 0.5) is 0 Å². The molecule has 24 heavy (non-hydrogen) atoms. The Labute approximate surface area is 147 Å². The van der Waals surface area contributed by atoms with Gasteiger partial charge in [-0.05, 0) is 26.2 Å². The first-order valence-electron chi connectivity index (χ1n) is 9.16. The van der Waals surface area contributed by atoms with E-state index in [4.69, 9.17) is 14.9 Å². The minimum absolute atomic E-state index is 0.176. The van der Waals surface area contributed by atoms with Crippen molar-refractivity contribution < 1.29 is 24.9 Å². The van der Waals surface area contributed by atoms with Crippen LogP contribution in [0.3, 0.4) is 0 Å². The molecule has 0 rings (SSSR count). The van der Waals surface area contributed by atoms with Gasteiger partial charge in [-0.1, -0.05) is 64.4 Å². The van der Waals surface area contributed by atoms with Crippen molar-refractivity contribution in [2.24, 2.45) is 0 Å². The fraction of sp³-hybridized carbons (Fsp3) is 0.842. The van der Waals surface area contributed by atoms with Crippen LogP contribution in [0.1, 0.15) is 84.0 Å². The Bertz CT molecular complexity index is 279. The maximum absolute atomic E-state index is 9.60. The summed E-state index contributed by atoms with van der Waals surface area (Å²) < 4.78 is 4.79. The molecule has 0 aliphatic rings. The van der Waals surface area contributed by atoms with E-state index in [2.05, 4.69) is 6.58 Å². The SMILES string of the molecule is C=C(C)C(=O)O.COC(O)CCCCCCCCCCCCCO. The standard InChI is InChI=1S/C15H32O3.C4H6O2/c1-18-15(17)13-11-9-7-5-3-2-4-6-8-10-12-14-16;1-3(2)4(5)6/h15-17H,2-14H2,1H3;1H2,2H3,(H,5,6). The number of carboxylic acid groups (broad SMARTS) is 1. The van der Waals surface area contributed by atoms with Crippen LogP contribution in [0, 0.1) is 0 Å². The summed E-state index contributed by atoms with van der Waals surface area (Å²) in [6, 6.07) is 0. The molecule has 5 heteroatoms. The van der Waals surface area contributed by atoms with E-state index in [0.29, 0.717) is 6.61 Å². The van der Waals surface area contributed by atoms with Gasteiger partial charge in [0, 0.05) is 19.3 Å². The smallest absolute Gasteiger partial charge is 0.330 e. The Balaban J connectivity index is 0. The first-order valence-corrected chi connectivity index (χ1v) is 9.16. The van der Waals surface area contributed by atoms with Gasteiger partial charge < -0.3 is 20.1 Å². The number of carboxylic acids is 1. The molecule has 0 aromatic rings. The molecule has 3 N–H and O–H groups in total.